The lowest BCUT2D eigenvalue weighted by Gasteiger charge is -2.11. The van der Waals surface area contributed by atoms with Crippen LogP contribution in [0.4, 0.5) is 0 Å². The Bertz CT molecular complexity index is 1170. The predicted octanol–water partition coefficient (Wildman–Crippen LogP) is 6.70. The molecule has 0 saturated carbocycles. The number of benzene rings is 2. The maximum Gasteiger partial charge on any atom is 0.380 e. The number of fused-ring (bicyclic) bond motifs is 1. The summed E-state index contributed by atoms with van der Waals surface area (Å²) >= 11 is 0. The van der Waals surface area contributed by atoms with Crippen molar-refractivity contribution >= 4 is 28.5 Å². The van der Waals surface area contributed by atoms with Gasteiger partial charge >= 0.3 is 11.9 Å². The van der Waals surface area contributed by atoms with Gasteiger partial charge in [0.2, 0.25) is 5.78 Å². The number of aromatic nitrogens is 1. The van der Waals surface area contributed by atoms with Crippen molar-refractivity contribution in [1.82, 2.24) is 4.98 Å². The highest BCUT2D eigenvalue weighted by atomic mass is 16.6. The Hall–Kier alpha value is -3.74. The molecule has 198 valence electrons. The second kappa shape index (κ2) is 16.1. The normalized spacial score (nSPS) is 10.3. The lowest BCUT2D eigenvalue weighted by molar-refractivity contribution is -0.147. The van der Waals surface area contributed by atoms with Gasteiger partial charge in [0.05, 0.1) is 19.4 Å². The van der Waals surface area contributed by atoms with Gasteiger partial charge in [-0.25, -0.2) is 9.78 Å². The minimum absolute atomic E-state index is 0.0472. The quantitative estimate of drug-likeness (QED) is 0.153. The third-order valence-electron chi connectivity index (χ3n) is 5.63. The van der Waals surface area contributed by atoms with Crippen molar-refractivity contribution in [3.05, 3.63) is 54.6 Å². The molecule has 1 heterocycles. The number of hydrogen-bond donors (Lipinski definition) is 0. The number of rotatable bonds is 12. The maximum atomic E-state index is 11.7. The van der Waals surface area contributed by atoms with Gasteiger partial charge in [0.25, 0.3) is 5.88 Å². The van der Waals surface area contributed by atoms with Crippen LogP contribution in [0.2, 0.25) is 0 Å². The van der Waals surface area contributed by atoms with Crippen LogP contribution in [0.15, 0.2) is 54.6 Å². The van der Waals surface area contributed by atoms with Crippen molar-refractivity contribution in [2.75, 3.05) is 13.7 Å². The summed E-state index contributed by atoms with van der Waals surface area (Å²) in [6, 6.07) is 17.3. The zero-order valence-corrected chi connectivity index (χ0v) is 22.2. The molecule has 0 radical (unpaired) electrons. The molecule has 0 amide bonds. The second-order valence-corrected chi connectivity index (χ2v) is 8.37. The average Bonchev–Trinajstić information content (AvgIpc) is 2.93. The van der Waals surface area contributed by atoms with Crippen LogP contribution in [0.5, 0.6) is 11.6 Å². The number of carbonyl (C=O) groups excluding carboxylic acids is 3. The van der Waals surface area contributed by atoms with E-state index in [2.05, 4.69) is 11.9 Å². The number of esters is 2. The summed E-state index contributed by atoms with van der Waals surface area (Å²) in [5.74, 6) is -1.28. The van der Waals surface area contributed by atoms with Crippen LogP contribution in [-0.4, -0.2) is 36.4 Å². The summed E-state index contributed by atoms with van der Waals surface area (Å²) < 4.78 is 15.1. The SMILES string of the molecule is CCC(=O)C(=O)Oc1ccc(-c2cccc3ccccc23)nc1OC.CCCCCCCC(=O)OCC. The second-order valence-electron chi connectivity index (χ2n) is 8.37. The number of unbranched alkanes of at least 4 members (excludes halogenated alkanes) is 4. The molecule has 1 aromatic heterocycles. The fraction of sp³-hybridized carbons (Fsp3) is 0.400. The van der Waals surface area contributed by atoms with E-state index in [1.807, 2.05) is 49.4 Å². The molecule has 0 atom stereocenters. The minimum Gasteiger partial charge on any atom is -0.478 e. The number of ether oxygens (including phenoxy) is 3. The molecule has 0 N–H and O–H groups in total. The minimum atomic E-state index is -0.916. The molecule has 0 spiro atoms. The van der Waals surface area contributed by atoms with Crippen LogP contribution in [0.25, 0.3) is 22.0 Å². The van der Waals surface area contributed by atoms with Gasteiger partial charge in [-0.1, -0.05) is 82.0 Å². The van der Waals surface area contributed by atoms with Crippen molar-refractivity contribution in [1.29, 1.82) is 0 Å². The fourth-order valence-electron chi connectivity index (χ4n) is 3.66. The summed E-state index contributed by atoms with van der Waals surface area (Å²) in [6.07, 6.45) is 6.60. The molecule has 0 bridgehead atoms. The zero-order valence-electron chi connectivity index (χ0n) is 22.2. The van der Waals surface area contributed by atoms with Gasteiger partial charge in [-0.05, 0) is 36.2 Å². The van der Waals surface area contributed by atoms with Gasteiger partial charge in [-0.15, -0.1) is 0 Å². The fourth-order valence-corrected chi connectivity index (χ4v) is 3.66. The molecule has 0 fully saturated rings. The number of pyridine rings is 1. The molecule has 7 heteroatoms. The Morgan fingerprint density at radius 3 is 2.27 bits per heavy atom. The van der Waals surface area contributed by atoms with Crippen LogP contribution >= 0.6 is 0 Å². The van der Waals surface area contributed by atoms with E-state index in [-0.39, 0.29) is 24.0 Å². The summed E-state index contributed by atoms with van der Waals surface area (Å²) in [4.78, 5) is 38.4. The molecule has 7 nitrogen and oxygen atoms in total. The van der Waals surface area contributed by atoms with Crippen molar-refractivity contribution in [2.24, 2.45) is 0 Å². The van der Waals surface area contributed by atoms with Gasteiger partial charge < -0.3 is 14.2 Å². The van der Waals surface area contributed by atoms with Gasteiger partial charge in [0, 0.05) is 18.4 Å². The Kier molecular flexibility index (Phi) is 12.8. The molecular weight excluding hydrogens is 470 g/mol. The number of carbonyl (C=O) groups is 3. The van der Waals surface area contributed by atoms with Crippen molar-refractivity contribution in [3.63, 3.8) is 0 Å². The molecule has 0 aliphatic rings. The topological polar surface area (TPSA) is 91.8 Å². The zero-order chi connectivity index (χ0) is 27.0. The summed E-state index contributed by atoms with van der Waals surface area (Å²) in [6.45, 7) is 6.14. The summed E-state index contributed by atoms with van der Waals surface area (Å²) in [7, 11) is 1.44. The highest BCUT2D eigenvalue weighted by Crippen LogP contribution is 2.32. The van der Waals surface area contributed by atoms with Gasteiger partial charge in [0.15, 0.2) is 5.75 Å². The number of methoxy groups -OCH3 is 1. The van der Waals surface area contributed by atoms with Gasteiger partial charge in [-0.2, -0.15) is 0 Å². The number of ketones is 1. The first kappa shape index (κ1) is 29.5. The van der Waals surface area contributed by atoms with E-state index in [1.165, 1.54) is 26.4 Å². The number of nitrogens with zero attached hydrogens (tertiary/aromatic N) is 1. The van der Waals surface area contributed by atoms with Crippen molar-refractivity contribution in [2.45, 2.75) is 65.7 Å². The predicted molar refractivity (Wildman–Crippen MR) is 145 cm³/mol. The van der Waals surface area contributed by atoms with E-state index >= 15 is 0 Å². The molecule has 0 unspecified atom stereocenters. The third kappa shape index (κ3) is 9.33. The van der Waals surface area contributed by atoms with E-state index in [1.54, 1.807) is 19.1 Å². The molecular formula is C30H37NO6. The third-order valence-corrected chi connectivity index (χ3v) is 5.63. The maximum absolute atomic E-state index is 11.7. The van der Waals surface area contributed by atoms with Crippen LogP contribution in [-0.2, 0) is 19.1 Å². The van der Waals surface area contributed by atoms with Gasteiger partial charge in [-0.3, -0.25) is 9.59 Å². The van der Waals surface area contributed by atoms with Crippen LogP contribution in [0, 0.1) is 0 Å². The van der Waals surface area contributed by atoms with Crippen molar-refractivity contribution in [3.8, 4) is 22.9 Å². The molecule has 0 aliphatic carbocycles. The van der Waals surface area contributed by atoms with Crippen LogP contribution in [0.3, 0.4) is 0 Å². The molecule has 3 aromatic rings. The Morgan fingerprint density at radius 2 is 1.57 bits per heavy atom. The Balaban J connectivity index is 0.000000341. The first-order chi connectivity index (χ1) is 17.9. The lowest BCUT2D eigenvalue weighted by atomic mass is 10.0. The van der Waals surface area contributed by atoms with E-state index in [0.717, 1.165) is 29.2 Å². The van der Waals surface area contributed by atoms with Crippen LogP contribution < -0.4 is 9.47 Å². The first-order valence-electron chi connectivity index (χ1n) is 12.9. The molecule has 3 rings (SSSR count). The lowest BCUT2D eigenvalue weighted by Crippen LogP contribution is -2.19. The van der Waals surface area contributed by atoms with E-state index in [4.69, 9.17) is 14.2 Å². The smallest absolute Gasteiger partial charge is 0.380 e. The number of hydrogen-bond acceptors (Lipinski definition) is 7. The average molecular weight is 508 g/mol. The van der Waals surface area contributed by atoms with E-state index in [9.17, 15) is 14.4 Å². The molecule has 0 aliphatic heterocycles. The Morgan fingerprint density at radius 1 is 0.838 bits per heavy atom. The van der Waals surface area contributed by atoms with E-state index in [0.29, 0.717) is 18.7 Å². The standard InChI is InChI=1S/C20H17NO4.C10H20O2/c1-3-17(22)20(23)25-18-12-11-16(21-19(18)24-2)15-10-6-8-13-7-4-5-9-14(13)15;1-3-5-6-7-8-9-10(11)12-4-2/h4-12H,3H2,1-2H3;3-9H2,1-2H3. The Labute approximate surface area is 219 Å². The molecule has 37 heavy (non-hydrogen) atoms. The number of Topliss-reactive ketones (excluding diaryl/α,β-unsaturated/α-hetero) is 1. The van der Waals surface area contributed by atoms with E-state index < -0.39 is 11.8 Å². The largest absolute Gasteiger partial charge is 0.478 e. The summed E-state index contributed by atoms with van der Waals surface area (Å²) in [5, 5.41) is 2.16. The molecule has 0 saturated heterocycles. The highest BCUT2D eigenvalue weighted by Gasteiger charge is 2.18. The van der Waals surface area contributed by atoms with Crippen LogP contribution in [0.1, 0.15) is 65.7 Å². The highest BCUT2D eigenvalue weighted by molar-refractivity contribution is 6.34. The monoisotopic (exact) mass is 507 g/mol. The van der Waals surface area contributed by atoms with Crippen molar-refractivity contribution < 1.29 is 28.6 Å². The molecule has 2 aromatic carbocycles. The first-order valence-corrected chi connectivity index (χ1v) is 12.9. The van der Waals surface area contributed by atoms with Gasteiger partial charge in [0.1, 0.15) is 0 Å². The summed E-state index contributed by atoms with van der Waals surface area (Å²) in [5.41, 5.74) is 1.63.